The minimum atomic E-state index is 0. The summed E-state index contributed by atoms with van der Waals surface area (Å²) < 4.78 is 0. The van der Waals surface area contributed by atoms with Gasteiger partial charge in [-0.3, -0.25) is 6.08 Å². The molecular weight excluding hydrogens is 233 g/mol. The largest absolute Gasteiger partial charge is 0.498 e. The zero-order valence-corrected chi connectivity index (χ0v) is 11.1. The molecule has 0 spiro atoms. The fraction of sp³-hybridized carbons (Fsp3) is 0.333. The Balaban J connectivity index is 0.00000144. The first-order valence-electron chi connectivity index (χ1n) is 4.32. The van der Waals surface area contributed by atoms with Crippen molar-refractivity contribution in [2.24, 2.45) is 5.92 Å². The topological polar surface area (TPSA) is 0 Å². The Morgan fingerprint density at radius 1 is 1.46 bits per heavy atom. The van der Waals surface area contributed by atoms with Crippen LogP contribution in [0.2, 0.25) is 0 Å². The Morgan fingerprint density at radius 2 is 2.23 bits per heavy atom. The van der Waals surface area contributed by atoms with Crippen molar-refractivity contribution in [2.75, 3.05) is 0 Å². The van der Waals surface area contributed by atoms with Crippen molar-refractivity contribution in [3.8, 4) is 0 Å². The standard InChI is InChI=1S/C12H14.Y/c1-11(2)7-6-10-12-8-4-3-5-9-12;/h3-6,8,11H,10H2,1-2H3;/q-2;. The molecular formula is C12H14Y-2. The van der Waals surface area contributed by atoms with Crippen LogP contribution in [0.25, 0.3) is 0 Å². The number of rotatable bonds is 3. The van der Waals surface area contributed by atoms with Crippen molar-refractivity contribution in [2.45, 2.75) is 20.3 Å². The van der Waals surface area contributed by atoms with Crippen LogP contribution in [0.4, 0.5) is 0 Å². The number of allylic oxidation sites excluding steroid dienone is 2. The van der Waals surface area contributed by atoms with Gasteiger partial charge in [-0.05, 0) is 0 Å². The second-order valence-corrected chi connectivity index (χ2v) is 3.12. The van der Waals surface area contributed by atoms with Gasteiger partial charge in [0.25, 0.3) is 0 Å². The van der Waals surface area contributed by atoms with Crippen LogP contribution in [0.1, 0.15) is 19.4 Å². The molecule has 67 valence electrons. The summed E-state index contributed by atoms with van der Waals surface area (Å²) in [6.45, 7) is 4.26. The monoisotopic (exact) mass is 247 g/mol. The molecule has 0 aliphatic rings. The van der Waals surface area contributed by atoms with Crippen molar-refractivity contribution < 1.29 is 32.7 Å². The predicted octanol–water partition coefficient (Wildman–Crippen LogP) is 3.04. The third kappa shape index (κ3) is 6.18. The smallest absolute Gasteiger partial charge is 0 e. The van der Waals surface area contributed by atoms with E-state index in [1.807, 2.05) is 18.2 Å². The Labute approximate surface area is 106 Å². The Hall–Kier alpha value is 0.0639. The van der Waals surface area contributed by atoms with Crippen molar-refractivity contribution in [1.29, 1.82) is 0 Å². The third-order valence-electron chi connectivity index (χ3n) is 1.55. The van der Waals surface area contributed by atoms with Crippen LogP contribution in [0.3, 0.4) is 0 Å². The number of benzene rings is 1. The molecule has 0 aliphatic carbocycles. The summed E-state index contributed by atoms with van der Waals surface area (Å²) in [5.41, 5.74) is 1.23. The second-order valence-electron chi connectivity index (χ2n) is 3.12. The van der Waals surface area contributed by atoms with Gasteiger partial charge in [-0.1, -0.05) is 20.3 Å². The van der Waals surface area contributed by atoms with Gasteiger partial charge in [-0.15, -0.1) is 0 Å². The fourth-order valence-corrected chi connectivity index (χ4v) is 0.962. The molecule has 0 aromatic heterocycles. The summed E-state index contributed by atoms with van der Waals surface area (Å²) >= 11 is 0. The van der Waals surface area contributed by atoms with Crippen molar-refractivity contribution >= 4 is 0 Å². The van der Waals surface area contributed by atoms with E-state index in [9.17, 15) is 0 Å². The molecule has 0 nitrogen and oxygen atoms in total. The molecule has 13 heavy (non-hydrogen) atoms. The zero-order chi connectivity index (χ0) is 8.81. The normalized spacial score (nSPS) is 10.4. The summed E-state index contributed by atoms with van der Waals surface area (Å²) in [4.78, 5) is 0. The van der Waals surface area contributed by atoms with E-state index in [2.05, 4.69) is 38.1 Å². The molecule has 0 unspecified atom stereocenters. The van der Waals surface area contributed by atoms with Crippen molar-refractivity contribution in [1.82, 2.24) is 0 Å². The molecule has 1 rings (SSSR count). The first kappa shape index (κ1) is 13.1. The van der Waals surface area contributed by atoms with Gasteiger partial charge in [0, 0.05) is 32.7 Å². The van der Waals surface area contributed by atoms with E-state index in [0.29, 0.717) is 5.92 Å². The van der Waals surface area contributed by atoms with Gasteiger partial charge in [-0.2, -0.15) is 41.8 Å². The first-order valence-corrected chi connectivity index (χ1v) is 4.32. The minimum absolute atomic E-state index is 0. The molecule has 1 heteroatoms. The predicted molar refractivity (Wildman–Crippen MR) is 51.6 cm³/mol. The van der Waals surface area contributed by atoms with Crippen LogP contribution >= 0.6 is 0 Å². The van der Waals surface area contributed by atoms with Gasteiger partial charge in [0.1, 0.15) is 0 Å². The van der Waals surface area contributed by atoms with E-state index in [1.165, 1.54) is 5.56 Å². The molecule has 0 N–H and O–H groups in total. The summed E-state index contributed by atoms with van der Waals surface area (Å²) in [7, 11) is 0. The molecule has 0 fully saturated rings. The summed E-state index contributed by atoms with van der Waals surface area (Å²) in [6.07, 6.45) is 6.27. The Kier molecular flexibility index (Phi) is 7.50. The van der Waals surface area contributed by atoms with Gasteiger partial charge in [0.2, 0.25) is 0 Å². The van der Waals surface area contributed by atoms with E-state index < -0.39 is 0 Å². The SMILES string of the molecule is CC(C)[C-]=CCc1[c-]cccc1.[Y]. The maximum absolute atomic E-state index is 3.25. The van der Waals surface area contributed by atoms with E-state index in [0.717, 1.165) is 6.42 Å². The Bertz CT molecular complexity index is 237. The second kappa shape index (κ2) is 7.47. The third-order valence-corrected chi connectivity index (χ3v) is 1.55. The molecule has 0 saturated heterocycles. The molecule has 1 aromatic carbocycles. The van der Waals surface area contributed by atoms with Crippen LogP contribution in [-0.4, -0.2) is 0 Å². The maximum Gasteiger partial charge on any atom is 0 e. The average Bonchev–Trinajstić information content (AvgIpc) is 2.05. The molecule has 0 aliphatic heterocycles. The zero-order valence-electron chi connectivity index (χ0n) is 8.25. The quantitative estimate of drug-likeness (QED) is 0.720. The minimum Gasteiger partial charge on any atom is -0.498 e. The summed E-state index contributed by atoms with van der Waals surface area (Å²) in [5.74, 6) is 0.522. The van der Waals surface area contributed by atoms with Gasteiger partial charge in [-0.25, -0.2) is 0 Å². The molecule has 0 heterocycles. The molecule has 0 saturated carbocycles. The van der Waals surface area contributed by atoms with Gasteiger partial charge < -0.3 is 6.08 Å². The van der Waals surface area contributed by atoms with Gasteiger partial charge in [0.15, 0.2) is 0 Å². The number of hydrogen-bond acceptors (Lipinski definition) is 0. The number of hydrogen-bond donors (Lipinski definition) is 0. The summed E-state index contributed by atoms with van der Waals surface area (Å²) in [5, 5.41) is 0. The van der Waals surface area contributed by atoms with Crippen LogP contribution < -0.4 is 0 Å². The first-order chi connectivity index (χ1) is 5.79. The Morgan fingerprint density at radius 3 is 2.77 bits per heavy atom. The van der Waals surface area contributed by atoms with Crippen LogP contribution in [0.5, 0.6) is 0 Å². The van der Waals surface area contributed by atoms with Crippen LogP contribution in [-0.2, 0) is 39.1 Å². The maximum atomic E-state index is 3.25. The van der Waals surface area contributed by atoms with E-state index in [1.54, 1.807) is 0 Å². The molecule has 0 atom stereocenters. The molecule has 1 aromatic rings. The molecule has 0 amide bonds. The van der Waals surface area contributed by atoms with E-state index in [-0.39, 0.29) is 32.7 Å². The van der Waals surface area contributed by atoms with E-state index >= 15 is 0 Å². The fourth-order valence-electron chi connectivity index (χ4n) is 0.962. The molecule has 1 radical (unpaired) electrons. The van der Waals surface area contributed by atoms with Gasteiger partial charge >= 0.3 is 0 Å². The van der Waals surface area contributed by atoms with Gasteiger partial charge in [0.05, 0.1) is 0 Å². The van der Waals surface area contributed by atoms with Crippen molar-refractivity contribution in [3.63, 3.8) is 0 Å². The average molecular weight is 247 g/mol. The van der Waals surface area contributed by atoms with Crippen LogP contribution in [0.15, 0.2) is 30.3 Å². The van der Waals surface area contributed by atoms with Crippen molar-refractivity contribution in [3.05, 3.63) is 48.0 Å². The molecule has 0 bridgehead atoms. The van der Waals surface area contributed by atoms with E-state index in [4.69, 9.17) is 0 Å². The van der Waals surface area contributed by atoms with Crippen LogP contribution in [0, 0.1) is 18.1 Å². The summed E-state index contributed by atoms with van der Waals surface area (Å²) in [6, 6.07) is 11.2.